The van der Waals surface area contributed by atoms with Crippen LogP contribution < -0.4 is 5.32 Å². The third-order valence-electron chi connectivity index (χ3n) is 5.14. The fourth-order valence-corrected chi connectivity index (χ4v) is 3.18. The molecule has 3 aromatic rings. The largest absolute Gasteiger partial charge is 0.408 e. The van der Waals surface area contributed by atoms with Gasteiger partial charge in [0, 0.05) is 17.8 Å². The van der Waals surface area contributed by atoms with E-state index in [0.29, 0.717) is 22.9 Å². The Hall–Kier alpha value is -2.97. The van der Waals surface area contributed by atoms with Crippen LogP contribution in [0.2, 0.25) is 0 Å². The van der Waals surface area contributed by atoms with E-state index in [1.807, 2.05) is 0 Å². The second-order valence-corrected chi connectivity index (χ2v) is 7.11. The topological polar surface area (TPSA) is 55.6 Å². The molecule has 0 spiro atoms. The molecule has 4 rings (SSSR count). The Kier molecular flexibility index (Phi) is 4.97. The van der Waals surface area contributed by atoms with E-state index in [0.717, 1.165) is 37.1 Å². The molecule has 0 radical (unpaired) electrons. The van der Waals surface area contributed by atoms with E-state index < -0.39 is 18.0 Å². The van der Waals surface area contributed by atoms with E-state index in [1.54, 1.807) is 6.07 Å². The summed E-state index contributed by atoms with van der Waals surface area (Å²) >= 11 is 0. The number of rotatable bonds is 5. The van der Waals surface area contributed by atoms with Crippen molar-refractivity contribution in [2.45, 2.75) is 44.4 Å². The summed E-state index contributed by atoms with van der Waals surface area (Å²) in [5, 5.41) is 3.20. The van der Waals surface area contributed by atoms with Crippen molar-refractivity contribution in [3.63, 3.8) is 0 Å². The van der Waals surface area contributed by atoms with Crippen molar-refractivity contribution in [3.05, 3.63) is 48.7 Å². The average Bonchev–Trinajstić information content (AvgIpc) is 3.09. The summed E-state index contributed by atoms with van der Waals surface area (Å²) < 4.78 is 54.7. The lowest BCUT2D eigenvalue weighted by Crippen LogP contribution is -2.28. The molecule has 9 heteroatoms. The summed E-state index contributed by atoms with van der Waals surface area (Å²) in [6.07, 6.45) is 1.34. The first-order valence-electron chi connectivity index (χ1n) is 9.32. The van der Waals surface area contributed by atoms with Crippen molar-refractivity contribution in [2.75, 3.05) is 5.32 Å². The number of anilines is 1. The van der Waals surface area contributed by atoms with Crippen LogP contribution in [-0.2, 0) is 0 Å². The lowest BCUT2D eigenvalue weighted by atomic mass is 9.93. The average molecular weight is 405 g/mol. The number of alkyl halides is 3. The zero-order valence-electron chi connectivity index (χ0n) is 15.6. The van der Waals surface area contributed by atoms with Crippen LogP contribution in [0, 0.1) is 5.82 Å². The molecule has 0 amide bonds. The summed E-state index contributed by atoms with van der Waals surface area (Å²) in [5.74, 6) is -0.0721. The van der Waals surface area contributed by atoms with Gasteiger partial charge in [0.2, 0.25) is 5.95 Å². The number of nitrogens with one attached hydrogen (secondary N) is 1. The molecular formula is C20H19F4N5. The van der Waals surface area contributed by atoms with E-state index in [2.05, 4.69) is 20.3 Å². The van der Waals surface area contributed by atoms with Gasteiger partial charge in [0.15, 0.2) is 0 Å². The molecule has 0 bridgehead atoms. The third-order valence-corrected chi connectivity index (χ3v) is 5.14. The highest BCUT2D eigenvalue weighted by Gasteiger charge is 2.39. The number of hydrogen-bond acceptors (Lipinski definition) is 4. The van der Waals surface area contributed by atoms with Crippen LogP contribution in [-0.4, -0.2) is 31.7 Å². The highest BCUT2D eigenvalue weighted by Crippen LogP contribution is 2.38. The lowest BCUT2D eigenvalue weighted by molar-refractivity contribution is -0.162. The predicted octanol–water partition coefficient (Wildman–Crippen LogP) is 5.23. The minimum Gasteiger partial charge on any atom is -0.351 e. The minimum atomic E-state index is -4.46. The number of nitrogens with zero attached hydrogens (tertiary/aromatic N) is 4. The van der Waals surface area contributed by atoms with Gasteiger partial charge in [-0.05, 0) is 56.5 Å². The molecule has 1 aliphatic rings. The first-order chi connectivity index (χ1) is 13.8. The number of aromatic nitrogens is 4. The van der Waals surface area contributed by atoms with E-state index in [9.17, 15) is 17.6 Å². The van der Waals surface area contributed by atoms with Gasteiger partial charge in [-0.15, -0.1) is 0 Å². The molecule has 5 nitrogen and oxygen atoms in total. The number of benzene rings is 1. The first kappa shape index (κ1) is 19.4. The van der Waals surface area contributed by atoms with Crippen LogP contribution in [0.5, 0.6) is 0 Å². The van der Waals surface area contributed by atoms with Gasteiger partial charge in [-0.2, -0.15) is 13.2 Å². The predicted molar refractivity (Wildman–Crippen MR) is 101 cm³/mol. The van der Waals surface area contributed by atoms with Crippen molar-refractivity contribution >= 4 is 5.95 Å². The van der Waals surface area contributed by atoms with Crippen molar-refractivity contribution in [2.24, 2.45) is 0 Å². The Morgan fingerprint density at radius 2 is 1.83 bits per heavy atom. The maximum atomic E-state index is 13.5. The van der Waals surface area contributed by atoms with Crippen molar-refractivity contribution in [1.82, 2.24) is 19.5 Å². The fraction of sp³-hybridized carbons (Fsp3) is 0.350. The third kappa shape index (κ3) is 3.94. The molecule has 0 aliphatic heterocycles. The second-order valence-electron chi connectivity index (χ2n) is 7.11. The van der Waals surface area contributed by atoms with Crippen LogP contribution in [0.15, 0.2) is 42.9 Å². The second kappa shape index (κ2) is 7.46. The maximum Gasteiger partial charge on any atom is 0.408 e. The molecule has 1 atom stereocenters. The van der Waals surface area contributed by atoms with E-state index >= 15 is 0 Å². The van der Waals surface area contributed by atoms with Gasteiger partial charge in [-0.1, -0.05) is 0 Å². The normalized spacial score (nSPS) is 15.8. The SMILES string of the molecule is CC(n1cnc(-c2ccc(F)cc2)c1-c1ccnc(NC2CCC2)n1)C(F)(F)F. The standard InChI is InChI=1S/C20H19F4N5/c1-12(20(22,23)24)29-11-26-17(13-5-7-14(21)8-6-13)18(29)16-9-10-25-19(28-16)27-15-3-2-4-15/h5-12,15H,2-4H2,1H3,(H,25,27,28). The summed E-state index contributed by atoms with van der Waals surface area (Å²) in [4.78, 5) is 12.8. The highest BCUT2D eigenvalue weighted by atomic mass is 19.4. The number of hydrogen-bond donors (Lipinski definition) is 1. The molecule has 152 valence electrons. The Morgan fingerprint density at radius 3 is 2.45 bits per heavy atom. The Morgan fingerprint density at radius 1 is 1.10 bits per heavy atom. The molecule has 2 heterocycles. The van der Waals surface area contributed by atoms with E-state index in [-0.39, 0.29) is 11.7 Å². The number of halogens is 4. The van der Waals surface area contributed by atoms with Gasteiger partial charge in [-0.25, -0.2) is 19.3 Å². The summed E-state index contributed by atoms with van der Waals surface area (Å²) in [5.41, 5.74) is 1.33. The smallest absolute Gasteiger partial charge is 0.351 e. The zero-order chi connectivity index (χ0) is 20.6. The summed E-state index contributed by atoms with van der Waals surface area (Å²) in [6, 6.07) is 5.48. The van der Waals surface area contributed by atoms with Crippen LogP contribution in [0.3, 0.4) is 0 Å². The lowest BCUT2D eigenvalue weighted by Gasteiger charge is -2.26. The van der Waals surface area contributed by atoms with Crippen LogP contribution in [0.1, 0.15) is 32.2 Å². The summed E-state index contributed by atoms with van der Waals surface area (Å²) in [7, 11) is 0. The van der Waals surface area contributed by atoms with Crippen LogP contribution in [0.25, 0.3) is 22.6 Å². The van der Waals surface area contributed by atoms with E-state index in [4.69, 9.17) is 0 Å². The van der Waals surface area contributed by atoms with Gasteiger partial charge in [0.25, 0.3) is 0 Å². The molecule has 1 unspecified atom stereocenters. The molecule has 1 aromatic carbocycles. The molecular weight excluding hydrogens is 386 g/mol. The monoisotopic (exact) mass is 405 g/mol. The summed E-state index contributed by atoms with van der Waals surface area (Å²) in [6.45, 7) is 1.06. The Bertz CT molecular complexity index is 993. The molecule has 0 saturated heterocycles. The molecule has 1 N–H and O–H groups in total. The maximum absolute atomic E-state index is 13.5. The molecule has 1 saturated carbocycles. The Labute approximate surface area is 164 Å². The first-order valence-corrected chi connectivity index (χ1v) is 9.32. The molecule has 29 heavy (non-hydrogen) atoms. The van der Waals surface area contributed by atoms with Crippen molar-refractivity contribution in [3.8, 4) is 22.6 Å². The molecule has 1 fully saturated rings. The van der Waals surface area contributed by atoms with Gasteiger partial charge >= 0.3 is 6.18 Å². The van der Waals surface area contributed by atoms with Gasteiger partial charge in [0.1, 0.15) is 11.9 Å². The quantitative estimate of drug-likeness (QED) is 0.591. The van der Waals surface area contributed by atoms with Crippen LogP contribution >= 0.6 is 0 Å². The van der Waals surface area contributed by atoms with E-state index in [1.165, 1.54) is 30.5 Å². The van der Waals surface area contributed by atoms with Crippen LogP contribution in [0.4, 0.5) is 23.5 Å². The highest BCUT2D eigenvalue weighted by molar-refractivity contribution is 5.77. The van der Waals surface area contributed by atoms with Gasteiger partial charge in [-0.3, -0.25) is 0 Å². The fourth-order valence-electron chi connectivity index (χ4n) is 3.18. The zero-order valence-corrected chi connectivity index (χ0v) is 15.6. The molecule has 2 aromatic heterocycles. The van der Waals surface area contributed by atoms with Gasteiger partial charge in [0.05, 0.1) is 23.4 Å². The molecule has 1 aliphatic carbocycles. The van der Waals surface area contributed by atoms with Gasteiger partial charge < -0.3 is 9.88 Å². The van der Waals surface area contributed by atoms with Crippen molar-refractivity contribution in [1.29, 1.82) is 0 Å². The Balaban J connectivity index is 1.82. The number of imidazole rings is 1. The minimum absolute atomic E-state index is 0.209. The van der Waals surface area contributed by atoms with Crippen molar-refractivity contribution < 1.29 is 17.6 Å².